The molecule has 3 aromatic carbocycles. The van der Waals surface area contributed by atoms with Crippen LogP contribution in [0.5, 0.6) is 0 Å². The van der Waals surface area contributed by atoms with Crippen LogP contribution >= 0.6 is 0 Å². The number of aryl methyl sites for hydroxylation is 2. The second kappa shape index (κ2) is 10.5. The lowest BCUT2D eigenvalue weighted by Gasteiger charge is -2.28. The molecule has 0 bridgehead atoms. The first-order valence-corrected chi connectivity index (χ1v) is 14.0. The van der Waals surface area contributed by atoms with E-state index in [0.29, 0.717) is 24.3 Å². The first-order valence-electron chi connectivity index (χ1n) is 12.5. The van der Waals surface area contributed by atoms with Crippen molar-refractivity contribution in [1.82, 2.24) is 14.1 Å². The van der Waals surface area contributed by atoms with Gasteiger partial charge < -0.3 is 4.90 Å². The number of aromatic nitrogens is 2. The number of carbonyl (C=O) groups is 1. The smallest absolute Gasteiger partial charge is 0.261 e. The van der Waals surface area contributed by atoms with Crippen LogP contribution in [-0.4, -0.2) is 35.0 Å². The summed E-state index contributed by atoms with van der Waals surface area (Å²) in [6.07, 6.45) is 1.33. The number of hydrogen-bond donors (Lipinski definition) is 0. The predicted octanol–water partition coefficient (Wildman–Crippen LogP) is 4.72. The van der Waals surface area contributed by atoms with Crippen molar-refractivity contribution in [1.29, 1.82) is 0 Å². The second-order valence-electron chi connectivity index (χ2n) is 9.29. The number of para-hydroxylation sites is 1. The highest BCUT2D eigenvalue weighted by Crippen LogP contribution is 2.29. The molecule has 1 aliphatic heterocycles. The maximum atomic E-state index is 14.6. The molecule has 0 saturated heterocycles. The van der Waals surface area contributed by atoms with Gasteiger partial charge >= 0.3 is 0 Å². The molecular formula is C29H29FN4O3S. The molecule has 1 aromatic heterocycles. The molecule has 0 saturated carbocycles. The van der Waals surface area contributed by atoms with Gasteiger partial charge in [-0.3, -0.25) is 9.48 Å². The van der Waals surface area contributed by atoms with Gasteiger partial charge in [0.05, 0.1) is 22.7 Å². The molecular weight excluding hydrogens is 503 g/mol. The lowest BCUT2D eigenvalue weighted by Crippen LogP contribution is -2.37. The molecule has 1 aliphatic rings. The third-order valence-corrected chi connectivity index (χ3v) is 8.84. The Labute approximate surface area is 222 Å². The summed E-state index contributed by atoms with van der Waals surface area (Å²) in [5.74, 6) is -1.10. The molecule has 7 nitrogen and oxygen atoms in total. The number of fused-ring (bicyclic) bond motifs is 1. The van der Waals surface area contributed by atoms with E-state index in [1.165, 1.54) is 21.3 Å². The molecule has 0 unspecified atom stereocenters. The molecule has 38 heavy (non-hydrogen) atoms. The zero-order chi connectivity index (χ0) is 26.9. The van der Waals surface area contributed by atoms with Crippen LogP contribution in [0.1, 0.15) is 39.8 Å². The zero-order valence-corrected chi connectivity index (χ0v) is 22.2. The van der Waals surface area contributed by atoms with Crippen LogP contribution in [0.25, 0.3) is 0 Å². The molecule has 196 valence electrons. The van der Waals surface area contributed by atoms with E-state index in [4.69, 9.17) is 0 Å². The number of amides is 1. The van der Waals surface area contributed by atoms with Crippen LogP contribution in [0.3, 0.4) is 0 Å². The van der Waals surface area contributed by atoms with Crippen molar-refractivity contribution in [3.63, 3.8) is 0 Å². The van der Waals surface area contributed by atoms with E-state index in [0.717, 1.165) is 23.2 Å². The molecule has 4 aromatic rings. The Bertz CT molecular complexity index is 1570. The molecule has 9 heteroatoms. The van der Waals surface area contributed by atoms with Crippen LogP contribution < -0.4 is 4.90 Å². The van der Waals surface area contributed by atoms with Crippen molar-refractivity contribution >= 4 is 21.6 Å². The van der Waals surface area contributed by atoms with Gasteiger partial charge in [-0.25, -0.2) is 12.8 Å². The summed E-state index contributed by atoms with van der Waals surface area (Å²) < 4.78 is 44.8. The van der Waals surface area contributed by atoms with Gasteiger partial charge in [-0.15, -0.1) is 0 Å². The highest BCUT2D eigenvalue weighted by atomic mass is 32.2. The third kappa shape index (κ3) is 4.87. The summed E-state index contributed by atoms with van der Waals surface area (Å²) in [5.41, 5.74) is 3.91. The Hall–Kier alpha value is -3.82. The van der Waals surface area contributed by atoms with Crippen molar-refractivity contribution in [2.75, 3.05) is 11.4 Å². The monoisotopic (exact) mass is 532 g/mol. The minimum absolute atomic E-state index is 0.0408. The molecule has 2 heterocycles. The number of anilines is 1. The fraction of sp³-hybridized carbons (Fsp3) is 0.241. The van der Waals surface area contributed by atoms with Gasteiger partial charge in [-0.2, -0.15) is 9.40 Å². The summed E-state index contributed by atoms with van der Waals surface area (Å²) in [7, 11) is -1.90. The Kier molecular flexibility index (Phi) is 7.14. The van der Waals surface area contributed by atoms with E-state index in [-0.39, 0.29) is 23.5 Å². The van der Waals surface area contributed by atoms with Crippen LogP contribution in [-0.2, 0) is 43.0 Å². The van der Waals surface area contributed by atoms with Gasteiger partial charge in [0, 0.05) is 43.5 Å². The molecule has 1 amide bonds. The Morgan fingerprint density at radius 3 is 2.37 bits per heavy atom. The van der Waals surface area contributed by atoms with E-state index >= 15 is 0 Å². The molecule has 0 aliphatic carbocycles. The molecule has 0 spiro atoms. The lowest BCUT2D eigenvalue weighted by atomic mass is 10.1. The van der Waals surface area contributed by atoms with Crippen molar-refractivity contribution in [3.8, 4) is 0 Å². The number of halogens is 1. The van der Waals surface area contributed by atoms with Gasteiger partial charge in [-0.05, 0) is 48.4 Å². The topological polar surface area (TPSA) is 75.5 Å². The number of rotatable bonds is 7. The maximum Gasteiger partial charge on any atom is 0.261 e. The van der Waals surface area contributed by atoms with E-state index < -0.39 is 21.7 Å². The summed E-state index contributed by atoms with van der Waals surface area (Å²) in [5, 5.41) is 4.68. The van der Waals surface area contributed by atoms with Gasteiger partial charge in [0.25, 0.3) is 5.91 Å². The van der Waals surface area contributed by atoms with Crippen LogP contribution in [0.2, 0.25) is 0 Å². The first kappa shape index (κ1) is 25.8. The maximum absolute atomic E-state index is 14.6. The minimum atomic E-state index is -3.72. The van der Waals surface area contributed by atoms with Crippen LogP contribution in [0, 0.1) is 5.82 Å². The summed E-state index contributed by atoms with van der Waals surface area (Å²) in [6.45, 7) is 2.57. The number of sulfonamides is 1. The minimum Gasteiger partial charge on any atom is -0.302 e. The lowest BCUT2D eigenvalue weighted by molar-refractivity contribution is 0.0980. The van der Waals surface area contributed by atoms with E-state index in [9.17, 15) is 17.6 Å². The number of benzene rings is 3. The average molecular weight is 533 g/mol. The summed E-state index contributed by atoms with van der Waals surface area (Å²) in [6, 6.07) is 21.9. The zero-order valence-electron chi connectivity index (χ0n) is 21.3. The van der Waals surface area contributed by atoms with Crippen molar-refractivity contribution < 1.29 is 17.6 Å². The van der Waals surface area contributed by atoms with Crippen molar-refractivity contribution in [2.24, 2.45) is 7.05 Å². The summed E-state index contributed by atoms with van der Waals surface area (Å²) >= 11 is 0. The predicted molar refractivity (Wildman–Crippen MR) is 144 cm³/mol. The SMILES string of the molecule is CCc1ccc(S(=O)(=O)N2CCc3c(c(CN(C(=O)c4ccccc4F)c4ccccc4)nn3C)C2)cc1. The first-order chi connectivity index (χ1) is 18.3. The number of hydrogen-bond acceptors (Lipinski definition) is 4. The molecule has 0 radical (unpaired) electrons. The largest absolute Gasteiger partial charge is 0.302 e. The fourth-order valence-corrected chi connectivity index (χ4v) is 6.25. The van der Waals surface area contributed by atoms with Gasteiger partial charge in [0.15, 0.2) is 0 Å². The molecule has 0 fully saturated rings. The second-order valence-corrected chi connectivity index (χ2v) is 11.2. The van der Waals surface area contributed by atoms with E-state index in [1.54, 1.807) is 41.1 Å². The van der Waals surface area contributed by atoms with E-state index in [1.807, 2.05) is 44.3 Å². The van der Waals surface area contributed by atoms with Gasteiger partial charge in [-0.1, -0.05) is 49.4 Å². The normalized spacial score (nSPS) is 13.8. The van der Waals surface area contributed by atoms with Crippen LogP contribution in [0.15, 0.2) is 83.8 Å². The highest BCUT2D eigenvalue weighted by molar-refractivity contribution is 7.89. The van der Waals surface area contributed by atoms with Gasteiger partial charge in [0.1, 0.15) is 5.82 Å². The molecule has 5 rings (SSSR count). The number of carbonyl (C=O) groups excluding carboxylic acids is 1. The highest BCUT2D eigenvalue weighted by Gasteiger charge is 2.33. The fourth-order valence-electron chi connectivity index (χ4n) is 4.84. The molecule has 0 N–H and O–H groups in total. The quantitative estimate of drug-likeness (QED) is 0.345. The average Bonchev–Trinajstić information content (AvgIpc) is 3.26. The molecule has 0 atom stereocenters. The van der Waals surface area contributed by atoms with Gasteiger partial charge in [0.2, 0.25) is 10.0 Å². The Morgan fingerprint density at radius 1 is 1.00 bits per heavy atom. The Morgan fingerprint density at radius 2 is 1.68 bits per heavy atom. The third-order valence-electron chi connectivity index (χ3n) is 6.99. The summed E-state index contributed by atoms with van der Waals surface area (Å²) in [4.78, 5) is 15.3. The van der Waals surface area contributed by atoms with Crippen molar-refractivity contribution in [3.05, 3.63) is 113 Å². The van der Waals surface area contributed by atoms with E-state index in [2.05, 4.69) is 5.10 Å². The standard InChI is InChI=1S/C29H29FN4O3S/c1-3-21-13-15-23(16-14-21)38(36,37)33-18-17-28-25(19-33)27(31-32(28)2)20-34(22-9-5-4-6-10-22)29(35)24-11-7-8-12-26(24)30/h4-16H,3,17-20H2,1-2H3. The Balaban J connectivity index is 1.49. The van der Waals surface area contributed by atoms with Crippen LogP contribution in [0.4, 0.5) is 10.1 Å². The number of nitrogens with zero attached hydrogens (tertiary/aromatic N) is 4. The van der Waals surface area contributed by atoms with Crippen molar-refractivity contribution in [2.45, 2.75) is 37.8 Å².